The van der Waals surface area contributed by atoms with Gasteiger partial charge in [0.25, 0.3) is 0 Å². The molecule has 0 bridgehead atoms. The predicted molar refractivity (Wildman–Crippen MR) is 143 cm³/mol. The van der Waals surface area contributed by atoms with Crippen molar-refractivity contribution in [2.45, 2.75) is 84.0 Å². The summed E-state index contributed by atoms with van der Waals surface area (Å²) in [6.07, 6.45) is 3.82. The van der Waals surface area contributed by atoms with Crippen LogP contribution in [0.2, 0.25) is 0 Å². The molecule has 0 fully saturated rings. The average molecular weight is 532 g/mol. The molecule has 10 N–H and O–H groups in total. The lowest BCUT2D eigenvalue weighted by atomic mass is 9.96. The maximum Gasteiger partial charge on any atom is 0.326 e. The number of guanidine groups is 1. The van der Waals surface area contributed by atoms with E-state index in [1.165, 1.54) is 11.8 Å². The van der Waals surface area contributed by atoms with Crippen LogP contribution in [0.15, 0.2) is 4.99 Å². The highest BCUT2D eigenvalue weighted by Crippen LogP contribution is 2.12. The van der Waals surface area contributed by atoms with E-state index in [0.29, 0.717) is 38.0 Å². The highest BCUT2D eigenvalue weighted by atomic mass is 32.2. The molecule has 208 valence electrons. The molecule has 0 aliphatic rings. The summed E-state index contributed by atoms with van der Waals surface area (Å²) in [4.78, 5) is 54.3. The number of thioether (sulfide) groups is 1. The van der Waals surface area contributed by atoms with Gasteiger partial charge in [0, 0.05) is 6.54 Å². The molecule has 0 aromatic carbocycles. The Hall–Kier alpha value is -2.54. The number of hydrogen-bond acceptors (Lipinski definition) is 7. The topological polar surface area (TPSA) is 215 Å². The van der Waals surface area contributed by atoms with Crippen molar-refractivity contribution in [2.75, 3.05) is 18.6 Å². The molecular weight excluding hydrogens is 486 g/mol. The van der Waals surface area contributed by atoms with Gasteiger partial charge in [-0.15, -0.1) is 0 Å². The number of carbonyl (C=O) groups excluding carboxylic acids is 3. The lowest BCUT2D eigenvalue weighted by Crippen LogP contribution is -2.58. The zero-order valence-electron chi connectivity index (χ0n) is 22.1. The summed E-state index contributed by atoms with van der Waals surface area (Å²) in [5, 5.41) is 17.4. The van der Waals surface area contributed by atoms with E-state index in [1.54, 1.807) is 0 Å². The Balaban J connectivity index is 5.42. The lowest BCUT2D eigenvalue weighted by Gasteiger charge is -2.28. The fourth-order valence-electron chi connectivity index (χ4n) is 3.34. The fourth-order valence-corrected chi connectivity index (χ4v) is 3.81. The maximum absolute atomic E-state index is 13.2. The van der Waals surface area contributed by atoms with Crippen LogP contribution in [-0.4, -0.2) is 77.5 Å². The monoisotopic (exact) mass is 531 g/mol. The van der Waals surface area contributed by atoms with Crippen molar-refractivity contribution < 1.29 is 24.3 Å². The van der Waals surface area contributed by atoms with E-state index < -0.39 is 47.9 Å². The van der Waals surface area contributed by atoms with Crippen LogP contribution in [0.3, 0.4) is 0 Å². The number of nitrogens with two attached hydrogens (primary N) is 3. The number of carbonyl (C=O) groups is 4. The molecule has 0 rings (SSSR count). The molecule has 12 nitrogen and oxygen atoms in total. The Kier molecular flexibility index (Phi) is 16.6. The smallest absolute Gasteiger partial charge is 0.326 e. The Morgan fingerprint density at radius 3 is 2.06 bits per heavy atom. The van der Waals surface area contributed by atoms with Crippen molar-refractivity contribution in [1.82, 2.24) is 16.0 Å². The van der Waals surface area contributed by atoms with E-state index in [-0.39, 0.29) is 24.2 Å². The molecule has 0 saturated heterocycles. The molecule has 0 heterocycles. The molecule has 0 spiro atoms. The minimum Gasteiger partial charge on any atom is -0.480 e. The number of aliphatic imine (C=N–C) groups is 1. The molecule has 13 heteroatoms. The summed E-state index contributed by atoms with van der Waals surface area (Å²) in [6.45, 7) is 7.82. The van der Waals surface area contributed by atoms with Gasteiger partial charge in [0.05, 0.1) is 6.04 Å². The minimum absolute atomic E-state index is 0.0413. The van der Waals surface area contributed by atoms with Gasteiger partial charge in [0.1, 0.15) is 18.1 Å². The summed E-state index contributed by atoms with van der Waals surface area (Å²) < 4.78 is 0. The second-order valence-corrected chi connectivity index (χ2v) is 10.3. The van der Waals surface area contributed by atoms with Crippen LogP contribution < -0.4 is 33.2 Å². The maximum atomic E-state index is 13.2. The molecule has 0 aromatic rings. The number of carboxylic acids is 1. The second-order valence-electron chi connectivity index (χ2n) is 9.30. The van der Waals surface area contributed by atoms with Gasteiger partial charge in [-0.2, -0.15) is 11.8 Å². The molecule has 5 atom stereocenters. The van der Waals surface area contributed by atoms with Gasteiger partial charge in [-0.1, -0.05) is 34.1 Å². The van der Waals surface area contributed by atoms with Gasteiger partial charge in [-0.05, 0) is 49.5 Å². The third kappa shape index (κ3) is 13.5. The quantitative estimate of drug-likeness (QED) is 0.0704. The van der Waals surface area contributed by atoms with Crippen LogP contribution in [0.4, 0.5) is 0 Å². The Morgan fingerprint density at radius 2 is 1.56 bits per heavy atom. The molecular formula is C23H45N7O5S. The fraction of sp³-hybridized carbons (Fsp3) is 0.783. The van der Waals surface area contributed by atoms with Crippen molar-refractivity contribution in [3.05, 3.63) is 0 Å². The van der Waals surface area contributed by atoms with Crippen LogP contribution in [0, 0.1) is 11.8 Å². The molecule has 0 radical (unpaired) electrons. The number of hydrogen-bond donors (Lipinski definition) is 7. The highest BCUT2D eigenvalue weighted by molar-refractivity contribution is 7.98. The molecule has 3 amide bonds. The van der Waals surface area contributed by atoms with Gasteiger partial charge in [0.15, 0.2) is 5.96 Å². The lowest BCUT2D eigenvalue weighted by molar-refractivity contribution is -0.142. The zero-order chi connectivity index (χ0) is 27.8. The van der Waals surface area contributed by atoms with Crippen molar-refractivity contribution in [1.29, 1.82) is 0 Å². The molecule has 0 aliphatic carbocycles. The first-order chi connectivity index (χ1) is 16.8. The SMILES string of the molecule is CCC(C)C(NC(=O)C(N)CCCN=C(N)N)C(=O)NC(CC(C)C)C(=O)NC(CCSC)C(=O)O. The molecule has 0 saturated carbocycles. The first-order valence-electron chi connectivity index (χ1n) is 12.3. The van der Waals surface area contributed by atoms with Gasteiger partial charge in [-0.3, -0.25) is 19.4 Å². The Morgan fingerprint density at radius 1 is 0.944 bits per heavy atom. The van der Waals surface area contributed by atoms with Gasteiger partial charge < -0.3 is 38.3 Å². The van der Waals surface area contributed by atoms with Gasteiger partial charge in [-0.25, -0.2) is 4.79 Å². The second kappa shape index (κ2) is 17.8. The molecule has 0 aliphatic heterocycles. The van der Waals surface area contributed by atoms with Crippen LogP contribution >= 0.6 is 11.8 Å². The van der Waals surface area contributed by atoms with E-state index in [9.17, 15) is 24.3 Å². The summed E-state index contributed by atoms with van der Waals surface area (Å²) in [6, 6.07) is -3.79. The van der Waals surface area contributed by atoms with Crippen molar-refractivity contribution in [2.24, 2.45) is 34.0 Å². The highest BCUT2D eigenvalue weighted by Gasteiger charge is 2.32. The Labute approximate surface area is 218 Å². The molecule has 36 heavy (non-hydrogen) atoms. The van der Waals surface area contributed by atoms with Gasteiger partial charge >= 0.3 is 5.97 Å². The first kappa shape index (κ1) is 33.5. The third-order valence-electron chi connectivity index (χ3n) is 5.66. The van der Waals surface area contributed by atoms with Crippen molar-refractivity contribution >= 4 is 41.4 Å². The van der Waals surface area contributed by atoms with E-state index in [2.05, 4.69) is 20.9 Å². The van der Waals surface area contributed by atoms with Crippen molar-refractivity contribution in [3.63, 3.8) is 0 Å². The van der Waals surface area contributed by atoms with Crippen LogP contribution in [-0.2, 0) is 19.2 Å². The zero-order valence-corrected chi connectivity index (χ0v) is 22.9. The average Bonchev–Trinajstić information content (AvgIpc) is 2.80. The van der Waals surface area contributed by atoms with E-state index >= 15 is 0 Å². The van der Waals surface area contributed by atoms with Crippen LogP contribution in [0.1, 0.15) is 59.8 Å². The number of nitrogens with one attached hydrogen (secondary N) is 3. The third-order valence-corrected chi connectivity index (χ3v) is 6.31. The number of rotatable bonds is 18. The number of carboxylic acid groups (broad SMARTS) is 1. The van der Waals surface area contributed by atoms with Crippen LogP contribution in [0.25, 0.3) is 0 Å². The Bertz CT molecular complexity index is 746. The standard InChI is InChI=1S/C23H45N7O5S/c1-6-14(4)18(30-19(31)15(24)8-7-10-27-23(25)26)21(33)29-17(12-13(2)3)20(32)28-16(22(34)35)9-11-36-5/h13-18H,6-12,24H2,1-5H3,(H,28,32)(H,29,33)(H,30,31)(H,34,35)(H4,25,26,27). The van der Waals surface area contributed by atoms with Crippen LogP contribution in [0.5, 0.6) is 0 Å². The minimum atomic E-state index is -1.13. The number of aliphatic carboxylic acids is 1. The normalized spacial score (nSPS) is 15.2. The summed E-state index contributed by atoms with van der Waals surface area (Å²) in [5.41, 5.74) is 16.6. The molecule has 5 unspecified atom stereocenters. The number of amides is 3. The van der Waals surface area contributed by atoms with E-state index in [4.69, 9.17) is 17.2 Å². The summed E-state index contributed by atoms with van der Waals surface area (Å²) in [7, 11) is 0. The largest absolute Gasteiger partial charge is 0.480 e. The predicted octanol–water partition coefficient (Wildman–Crippen LogP) is -0.248. The van der Waals surface area contributed by atoms with E-state index in [1.807, 2.05) is 34.0 Å². The first-order valence-corrected chi connectivity index (χ1v) is 13.7. The summed E-state index contributed by atoms with van der Waals surface area (Å²) in [5.74, 6) is -2.39. The number of nitrogens with zero attached hydrogens (tertiary/aromatic N) is 1. The van der Waals surface area contributed by atoms with E-state index in [0.717, 1.165) is 0 Å². The summed E-state index contributed by atoms with van der Waals surface area (Å²) >= 11 is 1.48. The van der Waals surface area contributed by atoms with Crippen molar-refractivity contribution in [3.8, 4) is 0 Å². The van der Waals surface area contributed by atoms with Gasteiger partial charge in [0.2, 0.25) is 17.7 Å². The molecule has 0 aromatic heterocycles.